The van der Waals surface area contributed by atoms with Crippen molar-refractivity contribution in [2.24, 2.45) is 0 Å². The van der Waals surface area contributed by atoms with Crippen molar-refractivity contribution in [3.8, 4) is 5.75 Å². The van der Waals surface area contributed by atoms with Crippen molar-refractivity contribution in [3.63, 3.8) is 0 Å². The Morgan fingerprint density at radius 3 is 2.16 bits per heavy atom. The van der Waals surface area contributed by atoms with Crippen molar-refractivity contribution in [1.29, 1.82) is 0 Å². The molecule has 1 saturated heterocycles. The molecule has 1 aromatic carbocycles. The molecule has 176 valence electrons. The summed E-state index contributed by atoms with van der Waals surface area (Å²) < 4.78 is 77.8. The number of alkyl halides is 6. The van der Waals surface area contributed by atoms with Gasteiger partial charge in [-0.05, 0) is 42.9 Å². The number of rotatable bonds is 4. The van der Waals surface area contributed by atoms with Gasteiger partial charge in [-0.1, -0.05) is 17.3 Å². The van der Waals surface area contributed by atoms with Crippen LogP contribution in [0, 0.1) is 0 Å². The van der Waals surface area contributed by atoms with E-state index in [0.717, 1.165) is 43.7 Å². The van der Waals surface area contributed by atoms with Gasteiger partial charge in [-0.2, -0.15) is 18.2 Å². The van der Waals surface area contributed by atoms with Crippen LogP contribution < -0.4 is 10.1 Å². The number of halogens is 6. The molecule has 1 saturated carbocycles. The number of piperidine rings is 1. The number of hydrogen-bond donors (Lipinski definition) is 2. The molecule has 2 heterocycles. The lowest BCUT2D eigenvalue weighted by atomic mass is 9.85. The van der Waals surface area contributed by atoms with Gasteiger partial charge in [0.25, 0.3) is 0 Å². The highest BCUT2D eigenvalue weighted by atomic mass is 19.4. The summed E-state index contributed by atoms with van der Waals surface area (Å²) in [6.45, 7) is 1.53. The van der Waals surface area contributed by atoms with Gasteiger partial charge in [-0.25, -0.2) is 4.79 Å². The number of nitrogens with one attached hydrogen (secondary N) is 1. The van der Waals surface area contributed by atoms with Crippen molar-refractivity contribution < 1.29 is 45.5 Å². The molecule has 2 N–H and O–H groups in total. The summed E-state index contributed by atoms with van der Waals surface area (Å²) in [7, 11) is 0. The Morgan fingerprint density at radius 2 is 1.62 bits per heavy atom. The topological polar surface area (TPSA) is 97.5 Å². The third-order valence-corrected chi connectivity index (χ3v) is 4.93. The summed E-state index contributed by atoms with van der Waals surface area (Å²) in [5, 5.41) is 14.5. The number of aliphatic carboxylic acids is 1. The van der Waals surface area contributed by atoms with E-state index in [4.69, 9.17) is 14.4 Å². The maximum Gasteiger partial charge on any atom is 0.573 e. The van der Waals surface area contributed by atoms with Crippen LogP contribution in [0.25, 0.3) is 0 Å². The lowest BCUT2D eigenvalue weighted by Crippen LogP contribution is -2.34. The van der Waals surface area contributed by atoms with Crippen molar-refractivity contribution in [3.05, 3.63) is 41.5 Å². The Morgan fingerprint density at radius 1 is 1.03 bits per heavy atom. The Kier molecular flexibility index (Phi) is 6.96. The van der Waals surface area contributed by atoms with Crippen molar-refractivity contribution in [2.45, 2.75) is 49.6 Å². The third-order valence-electron chi connectivity index (χ3n) is 4.93. The molecule has 32 heavy (non-hydrogen) atoms. The van der Waals surface area contributed by atoms with Gasteiger partial charge in [0.2, 0.25) is 5.89 Å². The molecular weight excluding hydrogens is 448 g/mol. The van der Waals surface area contributed by atoms with Crippen LogP contribution in [0.2, 0.25) is 0 Å². The molecule has 2 aliphatic rings. The predicted octanol–water partition coefficient (Wildman–Crippen LogP) is 4.34. The molecular formula is C19H19F6N3O4. The molecule has 0 bridgehead atoms. The summed E-state index contributed by atoms with van der Waals surface area (Å²) >= 11 is 0. The Balaban J connectivity index is 0.000000360. The molecule has 2 unspecified atom stereocenters. The molecule has 1 aliphatic carbocycles. The number of ether oxygens (including phenoxy) is 1. The monoisotopic (exact) mass is 467 g/mol. The minimum Gasteiger partial charge on any atom is -0.475 e. The second-order valence-corrected chi connectivity index (χ2v) is 7.47. The number of carbonyl (C=O) groups is 1. The molecule has 4 rings (SSSR count). The maximum absolute atomic E-state index is 12.2. The largest absolute Gasteiger partial charge is 0.573 e. The van der Waals surface area contributed by atoms with Crippen LogP contribution in [-0.4, -0.2) is 46.8 Å². The summed E-state index contributed by atoms with van der Waals surface area (Å²) in [6.07, 6.45) is -6.69. The van der Waals surface area contributed by atoms with E-state index in [2.05, 4.69) is 20.2 Å². The maximum atomic E-state index is 12.2. The summed E-state index contributed by atoms with van der Waals surface area (Å²) in [5.41, 5.74) is 0.966. The lowest BCUT2D eigenvalue weighted by molar-refractivity contribution is -0.274. The minimum absolute atomic E-state index is 0.116. The van der Waals surface area contributed by atoms with Crippen LogP contribution in [0.5, 0.6) is 5.75 Å². The fraction of sp³-hybridized carbons (Fsp3) is 0.526. The van der Waals surface area contributed by atoms with Gasteiger partial charge in [0.15, 0.2) is 5.82 Å². The number of benzene rings is 1. The number of aromatic nitrogens is 2. The van der Waals surface area contributed by atoms with Gasteiger partial charge in [0.05, 0.1) is 5.92 Å². The number of carboxylic acid groups (broad SMARTS) is 1. The van der Waals surface area contributed by atoms with Gasteiger partial charge in [-0.15, -0.1) is 13.2 Å². The van der Waals surface area contributed by atoms with E-state index in [0.29, 0.717) is 11.8 Å². The molecule has 2 aromatic rings. The first-order chi connectivity index (χ1) is 14.9. The van der Waals surface area contributed by atoms with Crippen molar-refractivity contribution >= 4 is 5.97 Å². The zero-order chi connectivity index (χ0) is 23.5. The van der Waals surface area contributed by atoms with Gasteiger partial charge in [-0.3, -0.25) is 0 Å². The van der Waals surface area contributed by atoms with E-state index in [-0.39, 0.29) is 17.6 Å². The van der Waals surface area contributed by atoms with Gasteiger partial charge in [0.1, 0.15) is 5.75 Å². The Hall–Kier alpha value is -2.83. The van der Waals surface area contributed by atoms with Crippen molar-refractivity contribution in [1.82, 2.24) is 15.5 Å². The molecule has 1 aliphatic heterocycles. The molecule has 13 heteroatoms. The molecule has 0 radical (unpaired) electrons. The first-order valence-electron chi connectivity index (χ1n) is 9.62. The number of carboxylic acids is 1. The second kappa shape index (κ2) is 9.35. The van der Waals surface area contributed by atoms with E-state index >= 15 is 0 Å². The standard InChI is InChI=1S/C17H18F3N3O2.C2HF3O2/c18-17(19,20)24-14-5-3-10(4-6-14)12-7-13(9-21-8-12)16-22-15(23-25-16)11-1-2-11;3-2(4,5)1(6)7/h3-6,11-13,21H,1-2,7-9H2;(H,6,7). The minimum atomic E-state index is -5.08. The van der Waals surface area contributed by atoms with Crippen LogP contribution in [0.1, 0.15) is 54.3 Å². The summed E-state index contributed by atoms with van der Waals surface area (Å²) in [5.74, 6) is -0.775. The van der Waals surface area contributed by atoms with E-state index in [1.54, 1.807) is 12.1 Å². The zero-order valence-corrected chi connectivity index (χ0v) is 16.4. The first kappa shape index (κ1) is 23.8. The van der Waals surface area contributed by atoms with E-state index in [1.807, 2.05) is 0 Å². The van der Waals surface area contributed by atoms with E-state index in [9.17, 15) is 26.3 Å². The first-order valence-corrected chi connectivity index (χ1v) is 9.62. The number of nitrogens with zero attached hydrogens (tertiary/aromatic N) is 2. The summed E-state index contributed by atoms with van der Waals surface area (Å²) in [4.78, 5) is 13.4. The fourth-order valence-electron chi connectivity index (χ4n) is 3.25. The molecule has 2 atom stereocenters. The molecule has 1 aromatic heterocycles. The highest BCUT2D eigenvalue weighted by Crippen LogP contribution is 2.39. The average Bonchev–Trinajstić information content (AvgIpc) is 3.44. The SMILES string of the molecule is FC(F)(F)Oc1ccc(C2CNCC(c3nc(C4CC4)no3)C2)cc1.O=C(O)C(F)(F)F. The normalized spacial score (nSPS) is 21.4. The fourth-order valence-corrected chi connectivity index (χ4v) is 3.25. The Bertz CT molecular complexity index is 909. The molecule has 0 spiro atoms. The van der Waals surface area contributed by atoms with Crippen LogP contribution in [0.15, 0.2) is 28.8 Å². The summed E-state index contributed by atoms with van der Waals surface area (Å²) in [6, 6.07) is 6.06. The molecule has 7 nitrogen and oxygen atoms in total. The van der Waals surface area contributed by atoms with E-state index in [1.165, 1.54) is 12.1 Å². The van der Waals surface area contributed by atoms with Gasteiger partial charge < -0.3 is 19.7 Å². The third kappa shape index (κ3) is 6.84. The smallest absolute Gasteiger partial charge is 0.475 e. The second-order valence-electron chi connectivity index (χ2n) is 7.47. The lowest BCUT2D eigenvalue weighted by Gasteiger charge is -2.28. The van der Waals surface area contributed by atoms with Crippen molar-refractivity contribution in [2.75, 3.05) is 13.1 Å². The van der Waals surface area contributed by atoms with Crippen LogP contribution in [0.4, 0.5) is 26.3 Å². The number of hydrogen-bond acceptors (Lipinski definition) is 6. The van der Waals surface area contributed by atoms with E-state index < -0.39 is 18.5 Å². The van der Waals surface area contributed by atoms with Crippen LogP contribution >= 0.6 is 0 Å². The van der Waals surface area contributed by atoms with Gasteiger partial charge >= 0.3 is 18.5 Å². The van der Waals surface area contributed by atoms with Crippen LogP contribution in [-0.2, 0) is 4.79 Å². The van der Waals surface area contributed by atoms with Gasteiger partial charge in [0, 0.05) is 19.0 Å². The zero-order valence-electron chi connectivity index (χ0n) is 16.4. The molecule has 2 fully saturated rings. The quantitative estimate of drug-likeness (QED) is 0.646. The average molecular weight is 467 g/mol. The Labute approximate surface area is 177 Å². The predicted molar refractivity (Wildman–Crippen MR) is 96.1 cm³/mol. The van der Waals surface area contributed by atoms with Crippen LogP contribution in [0.3, 0.4) is 0 Å². The highest BCUT2D eigenvalue weighted by molar-refractivity contribution is 5.73. The highest BCUT2D eigenvalue weighted by Gasteiger charge is 2.38. The molecule has 0 amide bonds.